The first-order chi connectivity index (χ1) is 5.04. The first-order valence-corrected chi connectivity index (χ1v) is 3.11. The van der Waals surface area contributed by atoms with Crippen LogP contribution in [-0.4, -0.2) is 4.98 Å². The molecule has 0 aliphatic carbocycles. The van der Waals surface area contributed by atoms with Crippen molar-refractivity contribution >= 4 is 5.82 Å². The van der Waals surface area contributed by atoms with Crippen molar-refractivity contribution in [3.05, 3.63) is 22.9 Å². The van der Waals surface area contributed by atoms with Gasteiger partial charge in [0.2, 0.25) is 5.95 Å². The normalized spacial score (nSPS) is 10.2. The summed E-state index contributed by atoms with van der Waals surface area (Å²) in [5.41, 5.74) is 5.49. The van der Waals surface area contributed by atoms with Gasteiger partial charge in [-0.2, -0.15) is 9.37 Å². The van der Waals surface area contributed by atoms with Crippen molar-refractivity contribution in [2.45, 2.75) is 13.8 Å². The summed E-state index contributed by atoms with van der Waals surface area (Å²) < 4.78 is 25.5. The highest BCUT2D eigenvalue weighted by atomic mass is 19.1. The fourth-order valence-electron chi connectivity index (χ4n) is 0.750. The fraction of sp³-hybridized carbons (Fsp3) is 0.286. The lowest BCUT2D eigenvalue weighted by Gasteiger charge is -2.03. The summed E-state index contributed by atoms with van der Waals surface area (Å²) in [5.74, 6) is -1.73. The Morgan fingerprint density at radius 3 is 2.27 bits per heavy atom. The zero-order chi connectivity index (χ0) is 8.59. The lowest BCUT2D eigenvalue weighted by molar-refractivity contribution is 0.550. The van der Waals surface area contributed by atoms with E-state index in [0.29, 0.717) is 0 Å². The van der Waals surface area contributed by atoms with Gasteiger partial charge in [-0.05, 0) is 19.4 Å². The molecule has 2 N–H and O–H groups in total. The maximum atomic E-state index is 12.8. The molecule has 1 aromatic rings. The van der Waals surface area contributed by atoms with Crippen molar-refractivity contribution < 1.29 is 8.78 Å². The van der Waals surface area contributed by atoms with Crippen LogP contribution in [0.25, 0.3) is 0 Å². The molecule has 0 aliphatic rings. The predicted octanol–water partition coefficient (Wildman–Crippen LogP) is 1.56. The monoisotopic (exact) mass is 158 g/mol. The quantitative estimate of drug-likeness (QED) is 0.582. The molecule has 0 saturated carbocycles. The fourth-order valence-corrected chi connectivity index (χ4v) is 0.750. The Labute approximate surface area is 63.1 Å². The second kappa shape index (κ2) is 2.45. The number of nitrogens with two attached hydrogens (primary N) is 1. The first kappa shape index (κ1) is 7.91. The molecule has 0 aromatic carbocycles. The van der Waals surface area contributed by atoms with Crippen LogP contribution in [0.3, 0.4) is 0 Å². The van der Waals surface area contributed by atoms with E-state index in [-0.39, 0.29) is 16.9 Å². The molecule has 4 heteroatoms. The number of anilines is 1. The largest absolute Gasteiger partial charge is 0.381 e. The second-order valence-electron chi connectivity index (χ2n) is 2.35. The van der Waals surface area contributed by atoms with Crippen molar-refractivity contribution in [3.63, 3.8) is 0 Å². The third-order valence-electron chi connectivity index (χ3n) is 1.64. The summed E-state index contributed by atoms with van der Waals surface area (Å²) in [6, 6.07) is 0. The summed E-state index contributed by atoms with van der Waals surface area (Å²) in [4.78, 5) is 3.17. The zero-order valence-electron chi connectivity index (χ0n) is 6.28. The zero-order valence-corrected chi connectivity index (χ0v) is 6.28. The van der Waals surface area contributed by atoms with E-state index in [4.69, 9.17) is 5.73 Å². The average molecular weight is 158 g/mol. The minimum absolute atomic E-state index is 0.205. The molecule has 0 bridgehead atoms. The maximum Gasteiger partial charge on any atom is 0.218 e. The van der Waals surface area contributed by atoms with Crippen LogP contribution < -0.4 is 5.73 Å². The molecular weight excluding hydrogens is 150 g/mol. The molecule has 60 valence electrons. The Balaban J connectivity index is 3.46. The summed E-state index contributed by atoms with van der Waals surface area (Å²) >= 11 is 0. The Morgan fingerprint density at radius 2 is 1.73 bits per heavy atom. The van der Waals surface area contributed by atoms with Crippen LogP contribution in [0.5, 0.6) is 0 Å². The van der Waals surface area contributed by atoms with Crippen molar-refractivity contribution in [3.8, 4) is 0 Å². The van der Waals surface area contributed by atoms with E-state index in [0.717, 1.165) is 0 Å². The van der Waals surface area contributed by atoms with Gasteiger partial charge in [-0.3, -0.25) is 0 Å². The van der Waals surface area contributed by atoms with E-state index in [1.165, 1.54) is 13.8 Å². The summed E-state index contributed by atoms with van der Waals surface area (Å²) in [5, 5.41) is 0. The Kier molecular flexibility index (Phi) is 1.76. The van der Waals surface area contributed by atoms with E-state index in [2.05, 4.69) is 4.98 Å². The molecule has 11 heavy (non-hydrogen) atoms. The van der Waals surface area contributed by atoms with Gasteiger partial charge in [0.25, 0.3) is 0 Å². The molecule has 1 heterocycles. The van der Waals surface area contributed by atoms with Gasteiger partial charge >= 0.3 is 0 Å². The van der Waals surface area contributed by atoms with E-state index in [1.807, 2.05) is 0 Å². The van der Waals surface area contributed by atoms with Gasteiger partial charge < -0.3 is 5.73 Å². The predicted molar refractivity (Wildman–Crippen MR) is 38.0 cm³/mol. The molecule has 1 aromatic heterocycles. The summed E-state index contributed by atoms with van der Waals surface area (Å²) in [7, 11) is 0. The number of aromatic nitrogens is 1. The minimum Gasteiger partial charge on any atom is -0.381 e. The third kappa shape index (κ3) is 1.15. The number of hydrogen-bond acceptors (Lipinski definition) is 2. The molecule has 1 rings (SSSR count). The van der Waals surface area contributed by atoms with Crippen molar-refractivity contribution in [2.24, 2.45) is 0 Å². The van der Waals surface area contributed by atoms with E-state index < -0.39 is 11.8 Å². The topological polar surface area (TPSA) is 38.9 Å². The molecule has 0 atom stereocenters. The van der Waals surface area contributed by atoms with Gasteiger partial charge in [0.15, 0.2) is 11.6 Å². The number of nitrogen functional groups attached to an aromatic ring is 1. The van der Waals surface area contributed by atoms with Crippen molar-refractivity contribution in [1.29, 1.82) is 0 Å². The maximum absolute atomic E-state index is 12.8. The van der Waals surface area contributed by atoms with Gasteiger partial charge in [-0.25, -0.2) is 4.39 Å². The second-order valence-corrected chi connectivity index (χ2v) is 2.35. The Bertz CT molecular complexity index is 271. The van der Waals surface area contributed by atoms with Crippen LogP contribution >= 0.6 is 0 Å². The van der Waals surface area contributed by atoms with Crippen LogP contribution in [0.4, 0.5) is 14.6 Å². The lowest BCUT2D eigenvalue weighted by Crippen LogP contribution is -2.03. The van der Waals surface area contributed by atoms with Gasteiger partial charge in [0, 0.05) is 5.56 Å². The lowest BCUT2D eigenvalue weighted by atomic mass is 10.1. The van der Waals surface area contributed by atoms with E-state index in [9.17, 15) is 8.78 Å². The van der Waals surface area contributed by atoms with Crippen LogP contribution in [0.1, 0.15) is 11.1 Å². The molecule has 0 aliphatic heterocycles. The standard InChI is InChI=1S/C7H8F2N2/c1-3-4(2)6(9)11-7(10)5(3)8/h1-2H3,(H2,10,11). The Morgan fingerprint density at radius 1 is 1.18 bits per heavy atom. The molecule has 0 unspecified atom stereocenters. The highest BCUT2D eigenvalue weighted by Crippen LogP contribution is 2.17. The number of pyridine rings is 1. The number of rotatable bonds is 0. The highest BCUT2D eigenvalue weighted by molar-refractivity contribution is 5.38. The van der Waals surface area contributed by atoms with Crippen LogP contribution in [0, 0.1) is 25.6 Å². The number of hydrogen-bond donors (Lipinski definition) is 1. The molecule has 0 fully saturated rings. The smallest absolute Gasteiger partial charge is 0.218 e. The van der Waals surface area contributed by atoms with Crippen LogP contribution in [-0.2, 0) is 0 Å². The molecule has 0 spiro atoms. The highest BCUT2D eigenvalue weighted by Gasteiger charge is 2.10. The molecule has 0 radical (unpaired) electrons. The van der Waals surface area contributed by atoms with E-state index >= 15 is 0 Å². The third-order valence-corrected chi connectivity index (χ3v) is 1.64. The van der Waals surface area contributed by atoms with Crippen molar-refractivity contribution in [1.82, 2.24) is 4.98 Å². The Hall–Kier alpha value is -1.19. The summed E-state index contributed by atoms with van der Waals surface area (Å²) in [6.45, 7) is 2.92. The SMILES string of the molecule is Cc1c(F)nc(N)c(F)c1C. The molecule has 0 amide bonds. The van der Waals surface area contributed by atoms with Crippen LogP contribution in [0.15, 0.2) is 0 Å². The number of nitrogens with zero attached hydrogens (tertiary/aromatic N) is 1. The molecular formula is C7H8F2N2. The van der Waals surface area contributed by atoms with Gasteiger partial charge in [0.1, 0.15) is 0 Å². The molecule has 0 saturated heterocycles. The number of halogens is 2. The first-order valence-electron chi connectivity index (χ1n) is 3.11. The van der Waals surface area contributed by atoms with Crippen LogP contribution in [0.2, 0.25) is 0 Å². The average Bonchev–Trinajstić information content (AvgIpc) is 1.97. The van der Waals surface area contributed by atoms with Gasteiger partial charge in [0.05, 0.1) is 0 Å². The summed E-state index contributed by atoms with van der Waals surface area (Å²) in [6.07, 6.45) is 0. The molecule has 2 nitrogen and oxygen atoms in total. The van der Waals surface area contributed by atoms with Gasteiger partial charge in [-0.15, -0.1) is 0 Å². The van der Waals surface area contributed by atoms with E-state index in [1.54, 1.807) is 0 Å². The van der Waals surface area contributed by atoms with Crippen molar-refractivity contribution in [2.75, 3.05) is 5.73 Å². The minimum atomic E-state index is -0.707. The van der Waals surface area contributed by atoms with Gasteiger partial charge in [-0.1, -0.05) is 0 Å².